The fourth-order valence-electron chi connectivity index (χ4n) is 2.08. The van der Waals surface area contributed by atoms with Crippen molar-refractivity contribution in [2.75, 3.05) is 27.4 Å². The van der Waals surface area contributed by atoms with E-state index in [2.05, 4.69) is 13.8 Å². The number of carbonyl (C=O) groups excluding carboxylic acids is 1. The highest BCUT2D eigenvalue weighted by Crippen LogP contribution is 2.39. The van der Waals surface area contributed by atoms with Gasteiger partial charge in [-0.3, -0.25) is 0 Å². The summed E-state index contributed by atoms with van der Waals surface area (Å²) in [5.74, 6) is 2.05. The number of methoxy groups -OCH3 is 2. The molecular weight excluding hydrogens is 332 g/mol. The number of carbonyl (C=O) groups is 1. The third-order valence-corrected chi connectivity index (χ3v) is 3.80. The van der Waals surface area contributed by atoms with Gasteiger partial charge in [0.15, 0.2) is 11.5 Å². The number of allylic oxidation sites excluding steroid dienone is 1. The molecule has 0 unspecified atom stereocenters. The zero-order valence-corrected chi connectivity index (χ0v) is 16.6. The summed E-state index contributed by atoms with van der Waals surface area (Å²) in [5.41, 5.74) is 1.46. The summed E-state index contributed by atoms with van der Waals surface area (Å²) >= 11 is 0. The van der Waals surface area contributed by atoms with Crippen LogP contribution in [0.5, 0.6) is 17.2 Å². The van der Waals surface area contributed by atoms with Gasteiger partial charge in [-0.15, -0.1) is 0 Å². The van der Waals surface area contributed by atoms with Crippen LogP contribution >= 0.6 is 0 Å². The number of benzene rings is 1. The van der Waals surface area contributed by atoms with Crippen LogP contribution in [0.15, 0.2) is 29.9 Å². The molecule has 1 aromatic rings. The van der Waals surface area contributed by atoms with Crippen molar-refractivity contribution in [2.45, 2.75) is 34.1 Å². The van der Waals surface area contributed by atoms with E-state index in [1.54, 1.807) is 40.2 Å². The molecule has 0 saturated carbocycles. The fourth-order valence-corrected chi connectivity index (χ4v) is 2.08. The van der Waals surface area contributed by atoms with E-state index in [1.807, 2.05) is 18.2 Å². The Morgan fingerprint density at radius 1 is 1.15 bits per heavy atom. The van der Waals surface area contributed by atoms with E-state index in [0.29, 0.717) is 35.3 Å². The Kier molecular flexibility index (Phi) is 9.34. The molecule has 0 N–H and O–H groups in total. The van der Waals surface area contributed by atoms with Gasteiger partial charge >= 0.3 is 5.97 Å². The van der Waals surface area contributed by atoms with Crippen LogP contribution in [0.4, 0.5) is 0 Å². The lowest BCUT2D eigenvalue weighted by atomic mass is 10.1. The molecule has 1 aromatic carbocycles. The monoisotopic (exact) mass is 362 g/mol. The summed E-state index contributed by atoms with van der Waals surface area (Å²) in [6.07, 6.45) is 6.29. The van der Waals surface area contributed by atoms with Gasteiger partial charge in [0.1, 0.15) is 6.61 Å². The first kappa shape index (κ1) is 21.6. The molecule has 0 radical (unpaired) electrons. The van der Waals surface area contributed by atoms with Gasteiger partial charge in [-0.05, 0) is 50.0 Å². The fraction of sp³-hybridized carbons (Fsp3) is 0.476. The molecule has 0 aliphatic rings. The maximum Gasteiger partial charge on any atom is 0.333 e. The molecule has 0 bridgehead atoms. The summed E-state index contributed by atoms with van der Waals surface area (Å²) in [6.45, 7) is 8.61. The van der Waals surface area contributed by atoms with Crippen LogP contribution in [-0.4, -0.2) is 33.4 Å². The van der Waals surface area contributed by atoms with Gasteiger partial charge in [0.25, 0.3) is 0 Å². The molecule has 0 atom stereocenters. The van der Waals surface area contributed by atoms with E-state index < -0.39 is 0 Å². The second-order valence-electron chi connectivity index (χ2n) is 6.26. The first-order valence-electron chi connectivity index (χ1n) is 8.78. The first-order valence-corrected chi connectivity index (χ1v) is 8.78. The van der Waals surface area contributed by atoms with Crippen molar-refractivity contribution in [3.05, 3.63) is 35.4 Å². The van der Waals surface area contributed by atoms with Crippen LogP contribution < -0.4 is 14.2 Å². The Bertz CT molecular complexity index is 619. The van der Waals surface area contributed by atoms with E-state index >= 15 is 0 Å². The van der Waals surface area contributed by atoms with Crippen molar-refractivity contribution in [1.82, 2.24) is 0 Å². The second-order valence-corrected chi connectivity index (χ2v) is 6.26. The molecule has 0 aliphatic carbocycles. The quantitative estimate of drug-likeness (QED) is 0.448. The van der Waals surface area contributed by atoms with Crippen LogP contribution in [0.25, 0.3) is 6.08 Å². The molecule has 5 nitrogen and oxygen atoms in total. The number of hydrogen-bond donors (Lipinski definition) is 0. The van der Waals surface area contributed by atoms with Crippen LogP contribution in [0.1, 0.15) is 39.7 Å². The molecule has 144 valence electrons. The van der Waals surface area contributed by atoms with Crippen molar-refractivity contribution in [3.8, 4) is 17.2 Å². The van der Waals surface area contributed by atoms with Gasteiger partial charge in [-0.1, -0.05) is 26.0 Å². The average Bonchev–Trinajstić information content (AvgIpc) is 2.64. The minimum absolute atomic E-state index is 0.196. The predicted molar refractivity (Wildman–Crippen MR) is 104 cm³/mol. The van der Waals surface area contributed by atoms with E-state index in [9.17, 15) is 4.79 Å². The Morgan fingerprint density at radius 3 is 2.27 bits per heavy atom. The number of rotatable bonds is 10. The van der Waals surface area contributed by atoms with Gasteiger partial charge in [-0.2, -0.15) is 0 Å². The van der Waals surface area contributed by atoms with Gasteiger partial charge in [0, 0.05) is 5.57 Å². The lowest BCUT2D eigenvalue weighted by Crippen LogP contribution is -2.05. The predicted octanol–water partition coefficient (Wildman–Crippen LogP) is 4.65. The highest BCUT2D eigenvalue weighted by molar-refractivity contribution is 5.87. The smallest absolute Gasteiger partial charge is 0.333 e. The zero-order chi connectivity index (χ0) is 19.5. The van der Waals surface area contributed by atoms with E-state index in [1.165, 1.54) is 0 Å². The SMILES string of the molecule is C/C=C(/C)C(=O)OC/C=C/c1cc(OC)c(OCCC(C)C)c(OC)c1. The molecule has 26 heavy (non-hydrogen) atoms. The molecular formula is C21H30O5. The zero-order valence-electron chi connectivity index (χ0n) is 16.6. The number of hydrogen-bond acceptors (Lipinski definition) is 5. The maximum absolute atomic E-state index is 11.6. The summed E-state index contributed by atoms with van der Waals surface area (Å²) in [7, 11) is 3.19. The molecule has 0 fully saturated rings. The Balaban J connectivity index is 2.83. The Hall–Kier alpha value is -2.43. The minimum atomic E-state index is -0.318. The van der Waals surface area contributed by atoms with Crippen LogP contribution in [0.3, 0.4) is 0 Å². The Labute approximate surface area is 156 Å². The summed E-state index contributed by atoms with van der Waals surface area (Å²) in [5, 5.41) is 0. The van der Waals surface area contributed by atoms with Crippen LogP contribution in [0, 0.1) is 5.92 Å². The maximum atomic E-state index is 11.6. The van der Waals surface area contributed by atoms with Crippen molar-refractivity contribution in [2.24, 2.45) is 5.92 Å². The van der Waals surface area contributed by atoms with Crippen LogP contribution in [0.2, 0.25) is 0 Å². The van der Waals surface area contributed by atoms with Gasteiger partial charge in [0.05, 0.1) is 20.8 Å². The van der Waals surface area contributed by atoms with E-state index in [4.69, 9.17) is 18.9 Å². The first-order chi connectivity index (χ1) is 12.4. The highest BCUT2D eigenvalue weighted by atomic mass is 16.5. The normalized spacial score (nSPS) is 11.7. The topological polar surface area (TPSA) is 54.0 Å². The number of ether oxygens (including phenoxy) is 4. The standard InChI is InChI=1S/C21H30O5/c1-7-16(4)21(22)26-11-8-9-17-13-18(23-5)20(19(14-17)24-6)25-12-10-15(2)3/h7-9,13-15H,10-12H2,1-6H3/b9-8+,16-7-. The molecule has 0 aromatic heterocycles. The molecule has 5 heteroatoms. The molecule has 0 amide bonds. The van der Waals surface area contributed by atoms with E-state index in [-0.39, 0.29) is 12.6 Å². The molecule has 0 saturated heterocycles. The molecule has 1 rings (SSSR count). The van der Waals surface area contributed by atoms with Gasteiger partial charge < -0.3 is 18.9 Å². The van der Waals surface area contributed by atoms with Crippen molar-refractivity contribution in [1.29, 1.82) is 0 Å². The van der Waals surface area contributed by atoms with Gasteiger partial charge in [0.2, 0.25) is 5.75 Å². The largest absolute Gasteiger partial charge is 0.493 e. The molecule has 0 heterocycles. The third kappa shape index (κ3) is 6.82. The lowest BCUT2D eigenvalue weighted by molar-refractivity contribution is -0.137. The minimum Gasteiger partial charge on any atom is -0.493 e. The third-order valence-electron chi connectivity index (χ3n) is 3.80. The summed E-state index contributed by atoms with van der Waals surface area (Å²) in [4.78, 5) is 11.6. The van der Waals surface area contributed by atoms with E-state index in [0.717, 1.165) is 12.0 Å². The number of esters is 1. The average molecular weight is 362 g/mol. The van der Waals surface area contributed by atoms with Crippen LogP contribution in [-0.2, 0) is 9.53 Å². The van der Waals surface area contributed by atoms with Crippen molar-refractivity contribution >= 4 is 12.0 Å². The van der Waals surface area contributed by atoms with Crippen molar-refractivity contribution < 1.29 is 23.7 Å². The Morgan fingerprint density at radius 2 is 1.77 bits per heavy atom. The van der Waals surface area contributed by atoms with Gasteiger partial charge in [-0.25, -0.2) is 4.79 Å². The summed E-state index contributed by atoms with van der Waals surface area (Å²) in [6, 6.07) is 3.73. The lowest BCUT2D eigenvalue weighted by Gasteiger charge is -2.16. The molecule has 0 aliphatic heterocycles. The highest BCUT2D eigenvalue weighted by Gasteiger charge is 2.13. The van der Waals surface area contributed by atoms with Crippen molar-refractivity contribution in [3.63, 3.8) is 0 Å². The molecule has 0 spiro atoms. The summed E-state index contributed by atoms with van der Waals surface area (Å²) < 4.78 is 21.9. The second kappa shape index (κ2) is 11.2.